The van der Waals surface area contributed by atoms with Gasteiger partial charge in [0.2, 0.25) is 5.91 Å². The van der Waals surface area contributed by atoms with Gasteiger partial charge in [-0.3, -0.25) is 4.79 Å². The molecule has 0 aliphatic rings. The Labute approximate surface area is 114 Å². The summed E-state index contributed by atoms with van der Waals surface area (Å²) >= 11 is 2.20. The summed E-state index contributed by atoms with van der Waals surface area (Å²) in [7, 11) is 1.51. The van der Waals surface area contributed by atoms with Crippen LogP contribution in [0.25, 0.3) is 0 Å². The van der Waals surface area contributed by atoms with Crippen molar-refractivity contribution in [1.29, 1.82) is 0 Å². The highest BCUT2D eigenvalue weighted by Crippen LogP contribution is 2.11. The number of methoxy groups -OCH3 is 1. The molecule has 90 valence electrons. The number of ether oxygens (including phenoxy) is 1. The van der Waals surface area contributed by atoms with Crippen molar-refractivity contribution in [1.82, 2.24) is 0 Å². The first-order chi connectivity index (χ1) is 7.13. The zero-order valence-corrected chi connectivity index (χ0v) is 11.7. The maximum absolute atomic E-state index is 11.5. The van der Waals surface area contributed by atoms with Crippen LogP contribution in [0.15, 0.2) is 24.3 Å². The predicted molar refractivity (Wildman–Crippen MR) is 74.9 cm³/mol. The zero-order valence-electron chi connectivity index (χ0n) is 8.77. The summed E-state index contributed by atoms with van der Waals surface area (Å²) in [5.41, 5.74) is 6.31. The molecular weight excluding hydrogens is 342 g/mol. The number of anilines is 1. The van der Waals surface area contributed by atoms with Crippen LogP contribution in [-0.2, 0) is 9.53 Å². The number of rotatable bonds is 4. The molecule has 1 aromatic carbocycles. The number of carbonyl (C=O) groups is 1. The highest BCUT2D eigenvalue weighted by Gasteiger charge is 2.12. The average molecular weight is 357 g/mol. The van der Waals surface area contributed by atoms with Gasteiger partial charge < -0.3 is 15.8 Å². The van der Waals surface area contributed by atoms with Gasteiger partial charge in [-0.15, -0.1) is 12.4 Å². The van der Waals surface area contributed by atoms with Crippen molar-refractivity contribution in [3.8, 4) is 0 Å². The van der Waals surface area contributed by atoms with E-state index in [4.69, 9.17) is 10.5 Å². The molecule has 16 heavy (non-hydrogen) atoms. The molecule has 6 heteroatoms. The maximum Gasteiger partial charge on any atom is 0.243 e. The fourth-order valence-corrected chi connectivity index (χ4v) is 1.38. The van der Waals surface area contributed by atoms with Crippen molar-refractivity contribution in [3.63, 3.8) is 0 Å². The molecule has 1 atom stereocenters. The lowest BCUT2D eigenvalue weighted by Crippen LogP contribution is -2.39. The first kappa shape index (κ1) is 15.6. The lowest BCUT2D eigenvalue weighted by atomic mass is 10.2. The van der Waals surface area contributed by atoms with E-state index in [0.29, 0.717) is 0 Å². The van der Waals surface area contributed by atoms with E-state index < -0.39 is 6.04 Å². The Balaban J connectivity index is 0.00000225. The van der Waals surface area contributed by atoms with Gasteiger partial charge in [0.05, 0.1) is 6.61 Å². The van der Waals surface area contributed by atoms with Gasteiger partial charge in [0.25, 0.3) is 0 Å². The molecule has 0 fully saturated rings. The van der Waals surface area contributed by atoms with Gasteiger partial charge in [0.15, 0.2) is 0 Å². The summed E-state index contributed by atoms with van der Waals surface area (Å²) in [5.74, 6) is -0.238. The summed E-state index contributed by atoms with van der Waals surface area (Å²) in [6, 6.07) is 6.86. The number of carbonyl (C=O) groups excluding carboxylic acids is 1. The molecule has 0 saturated heterocycles. The lowest BCUT2D eigenvalue weighted by molar-refractivity contribution is -0.118. The van der Waals surface area contributed by atoms with Crippen molar-refractivity contribution >= 4 is 46.6 Å². The van der Waals surface area contributed by atoms with E-state index >= 15 is 0 Å². The molecule has 1 rings (SSSR count). The molecule has 1 aromatic rings. The van der Waals surface area contributed by atoms with Gasteiger partial charge in [-0.25, -0.2) is 0 Å². The molecule has 0 bridgehead atoms. The SMILES string of the molecule is COCC(N)C(=O)Nc1ccc(I)cc1.Cl. The van der Waals surface area contributed by atoms with Crippen LogP contribution in [0.3, 0.4) is 0 Å². The average Bonchev–Trinajstić information content (AvgIpc) is 2.22. The zero-order chi connectivity index (χ0) is 11.3. The van der Waals surface area contributed by atoms with E-state index in [9.17, 15) is 4.79 Å². The second kappa shape index (κ2) is 7.83. The van der Waals surface area contributed by atoms with Crippen LogP contribution < -0.4 is 11.1 Å². The molecule has 1 unspecified atom stereocenters. The predicted octanol–water partition coefficient (Wildman–Crippen LogP) is 1.63. The summed E-state index contributed by atoms with van der Waals surface area (Å²) in [5, 5.41) is 2.71. The summed E-state index contributed by atoms with van der Waals surface area (Å²) in [6.45, 7) is 0.218. The van der Waals surface area contributed by atoms with E-state index in [-0.39, 0.29) is 24.9 Å². The molecule has 3 N–H and O–H groups in total. The topological polar surface area (TPSA) is 64.3 Å². The van der Waals surface area contributed by atoms with Gasteiger partial charge in [-0.2, -0.15) is 0 Å². The molecule has 0 heterocycles. The Morgan fingerprint density at radius 1 is 1.50 bits per heavy atom. The smallest absolute Gasteiger partial charge is 0.243 e. The Kier molecular flexibility index (Phi) is 7.65. The van der Waals surface area contributed by atoms with E-state index in [1.807, 2.05) is 24.3 Å². The van der Waals surface area contributed by atoms with Crippen LogP contribution in [0.2, 0.25) is 0 Å². The monoisotopic (exact) mass is 356 g/mol. The van der Waals surface area contributed by atoms with Crippen LogP contribution in [-0.4, -0.2) is 25.7 Å². The second-order valence-corrected chi connectivity index (χ2v) is 4.30. The van der Waals surface area contributed by atoms with Crippen molar-refractivity contribution in [2.24, 2.45) is 5.73 Å². The van der Waals surface area contributed by atoms with Crippen LogP contribution in [0.5, 0.6) is 0 Å². The highest BCUT2D eigenvalue weighted by atomic mass is 127. The lowest BCUT2D eigenvalue weighted by Gasteiger charge is -2.10. The number of amides is 1. The first-order valence-electron chi connectivity index (χ1n) is 4.44. The Morgan fingerprint density at radius 3 is 2.56 bits per heavy atom. The molecule has 0 saturated carbocycles. The first-order valence-corrected chi connectivity index (χ1v) is 5.52. The second-order valence-electron chi connectivity index (χ2n) is 3.06. The van der Waals surface area contributed by atoms with E-state index in [1.54, 1.807) is 0 Å². The van der Waals surface area contributed by atoms with Gasteiger partial charge in [0.1, 0.15) is 6.04 Å². The van der Waals surface area contributed by atoms with Crippen molar-refractivity contribution in [2.75, 3.05) is 19.0 Å². The largest absolute Gasteiger partial charge is 0.383 e. The number of hydrogen-bond donors (Lipinski definition) is 2. The molecular formula is C10H14ClIN2O2. The summed E-state index contributed by atoms with van der Waals surface area (Å²) in [6.07, 6.45) is 0. The van der Waals surface area contributed by atoms with Gasteiger partial charge in [-0.05, 0) is 46.9 Å². The number of halogens is 2. The van der Waals surface area contributed by atoms with Crippen LogP contribution in [0.1, 0.15) is 0 Å². The Hall–Kier alpha value is -0.370. The van der Waals surface area contributed by atoms with E-state index in [2.05, 4.69) is 27.9 Å². The molecule has 0 aliphatic heterocycles. The van der Waals surface area contributed by atoms with Gasteiger partial charge in [-0.1, -0.05) is 0 Å². The maximum atomic E-state index is 11.5. The number of nitrogens with one attached hydrogen (secondary N) is 1. The third kappa shape index (κ3) is 5.11. The molecule has 0 radical (unpaired) electrons. The fourth-order valence-electron chi connectivity index (χ4n) is 1.02. The van der Waals surface area contributed by atoms with Gasteiger partial charge in [0, 0.05) is 16.4 Å². The minimum Gasteiger partial charge on any atom is -0.383 e. The van der Waals surface area contributed by atoms with Crippen molar-refractivity contribution in [2.45, 2.75) is 6.04 Å². The van der Waals surface area contributed by atoms with Crippen LogP contribution >= 0.6 is 35.0 Å². The standard InChI is InChI=1S/C10H13IN2O2.ClH/c1-15-6-9(12)10(14)13-8-4-2-7(11)3-5-8;/h2-5,9H,6,12H2,1H3,(H,13,14);1H. The van der Waals surface area contributed by atoms with E-state index in [0.717, 1.165) is 9.26 Å². The van der Waals surface area contributed by atoms with Crippen LogP contribution in [0.4, 0.5) is 5.69 Å². The third-order valence-corrected chi connectivity index (χ3v) is 2.51. The quantitative estimate of drug-likeness (QED) is 0.806. The normalized spacial score (nSPS) is 11.4. The number of benzene rings is 1. The van der Waals surface area contributed by atoms with Crippen molar-refractivity contribution in [3.05, 3.63) is 27.8 Å². The summed E-state index contributed by atoms with van der Waals surface area (Å²) in [4.78, 5) is 11.5. The minimum absolute atomic E-state index is 0. The highest BCUT2D eigenvalue weighted by molar-refractivity contribution is 14.1. The Bertz CT molecular complexity index is 332. The van der Waals surface area contributed by atoms with Crippen molar-refractivity contribution < 1.29 is 9.53 Å². The molecule has 0 spiro atoms. The summed E-state index contributed by atoms with van der Waals surface area (Å²) < 4.78 is 5.91. The van der Waals surface area contributed by atoms with Crippen LogP contribution in [0, 0.1) is 3.57 Å². The molecule has 1 amide bonds. The Morgan fingerprint density at radius 2 is 2.06 bits per heavy atom. The number of nitrogens with two attached hydrogens (primary N) is 1. The minimum atomic E-state index is -0.630. The molecule has 0 aliphatic carbocycles. The number of hydrogen-bond acceptors (Lipinski definition) is 3. The van der Waals surface area contributed by atoms with Gasteiger partial charge >= 0.3 is 0 Å². The third-order valence-electron chi connectivity index (χ3n) is 1.79. The fraction of sp³-hybridized carbons (Fsp3) is 0.300. The van der Waals surface area contributed by atoms with E-state index in [1.165, 1.54) is 7.11 Å². The molecule has 0 aromatic heterocycles. The molecule has 4 nitrogen and oxygen atoms in total.